The van der Waals surface area contributed by atoms with Gasteiger partial charge in [0.2, 0.25) is 0 Å². The zero-order chi connectivity index (χ0) is 14.6. The van der Waals surface area contributed by atoms with E-state index >= 15 is 0 Å². The molecule has 0 saturated heterocycles. The number of rotatable bonds is 6. The molecule has 1 unspecified atom stereocenters. The van der Waals surface area contributed by atoms with Gasteiger partial charge in [0.1, 0.15) is 6.61 Å². The van der Waals surface area contributed by atoms with Crippen LogP contribution < -0.4 is 5.32 Å². The van der Waals surface area contributed by atoms with E-state index in [2.05, 4.69) is 5.32 Å². The summed E-state index contributed by atoms with van der Waals surface area (Å²) in [6.07, 6.45) is 1.10. The molecule has 1 aromatic rings. The Balaban J connectivity index is 1.83. The van der Waals surface area contributed by atoms with Gasteiger partial charge >= 0.3 is 6.09 Å². The third-order valence-corrected chi connectivity index (χ3v) is 3.36. The number of hydrogen-bond donors (Lipinski definition) is 1. The van der Waals surface area contributed by atoms with Gasteiger partial charge in [-0.2, -0.15) is 8.42 Å². The zero-order valence-electron chi connectivity index (χ0n) is 11.1. The van der Waals surface area contributed by atoms with E-state index in [4.69, 9.17) is 8.92 Å². The van der Waals surface area contributed by atoms with Crippen molar-refractivity contribution in [3.05, 3.63) is 35.9 Å². The number of amides is 1. The summed E-state index contributed by atoms with van der Waals surface area (Å²) in [6, 6.07) is 9.22. The first kappa shape index (κ1) is 14.8. The van der Waals surface area contributed by atoms with Crippen LogP contribution in [0, 0.1) is 5.92 Å². The van der Waals surface area contributed by atoms with Crippen molar-refractivity contribution < 1.29 is 22.1 Å². The minimum absolute atomic E-state index is 0.0361. The molecule has 1 saturated carbocycles. The molecule has 20 heavy (non-hydrogen) atoms. The van der Waals surface area contributed by atoms with E-state index in [9.17, 15) is 13.2 Å². The van der Waals surface area contributed by atoms with Gasteiger partial charge < -0.3 is 4.74 Å². The van der Waals surface area contributed by atoms with Gasteiger partial charge in [0.15, 0.2) is 6.23 Å². The van der Waals surface area contributed by atoms with Crippen molar-refractivity contribution in [1.29, 1.82) is 0 Å². The predicted octanol–water partition coefficient (Wildman–Crippen LogP) is 1.63. The van der Waals surface area contributed by atoms with Crippen LogP contribution in [0.4, 0.5) is 4.79 Å². The molecule has 6 nitrogen and oxygen atoms in total. The third kappa shape index (κ3) is 5.18. The maximum Gasteiger partial charge on any atom is 0.409 e. The molecule has 1 aromatic carbocycles. The van der Waals surface area contributed by atoms with E-state index in [0.717, 1.165) is 24.7 Å². The Morgan fingerprint density at radius 3 is 2.55 bits per heavy atom. The molecule has 1 atom stereocenters. The summed E-state index contributed by atoms with van der Waals surface area (Å²) in [7, 11) is -3.61. The summed E-state index contributed by atoms with van der Waals surface area (Å²) in [5.74, 6) is 0.0361. The van der Waals surface area contributed by atoms with Gasteiger partial charge in [-0.15, -0.1) is 0 Å². The topological polar surface area (TPSA) is 81.7 Å². The molecule has 110 valence electrons. The molecule has 0 aromatic heterocycles. The van der Waals surface area contributed by atoms with Crippen LogP contribution in [0.5, 0.6) is 0 Å². The van der Waals surface area contributed by atoms with Crippen molar-refractivity contribution in [3.63, 3.8) is 0 Å². The summed E-state index contributed by atoms with van der Waals surface area (Å²) >= 11 is 0. The molecule has 0 bridgehead atoms. The van der Waals surface area contributed by atoms with Crippen LogP contribution in [-0.2, 0) is 25.6 Å². The first-order valence-electron chi connectivity index (χ1n) is 6.29. The summed E-state index contributed by atoms with van der Waals surface area (Å²) in [5.41, 5.74) is 0.856. The van der Waals surface area contributed by atoms with E-state index in [-0.39, 0.29) is 12.5 Å². The molecule has 1 N–H and O–H groups in total. The highest BCUT2D eigenvalue weighted by atomic mass is 32.2. The molecular formula is C13H17NO5S. The van der Waals surface area contributed by atoms with E-state index in [1.54, 1.807) is 0 Å². The molecular weight excluding hydrogens is 282 g/mol. The molecule has 1 aliphatic carbocycles. The van der Waals surface area contributed by atoms with Crippen molar-refractivity contribution in [2.24, 2.45) is 5.92 Å². The number of carbonyl (C=O) groups is 1. The Morgan fingerprint density at radius 1 is 1.35 bits per heavy atom. The van der Waals surface area contributed by atoms with Crippen molar-refractivity contribution in [1.82, 2.24) is 5.32 Å². The van der Waals surface area contributed by atoms with Crippen LogP contribution in [-0.4, -0.2) is 27.0 Å². The number of alkyl carbamates (subject to hydrolysis) is 1. The van der Waals surface area contributed by atoms with Gasteiger partial charge in [0.05, 0.1) is 6.26 Å². The second-order valence-corrected chi connectivity index (χ2v) is 6.37. The molecule has 7 heteroatoms. The lowest BCUT2D eigenvalue weighted by Gasteiger charge is -2.17. The second-order valence-electron chi connectivity index (χ2n) is 4.76. The Kier molecular flexibility index (Phi) is 4.61. The number of carbonyl (C=O) groups excluding carboxylic acids is 1. The van der Waals surface area contributed by atoms with Gasteiger partial charge in [-0.1, -0.05) is 30.3 Å². The van der Waals surface area contributed by atoms with Gasteiger partial charge in [0.25, 0.3) is 10.1 Å². The third-order valence-electron chi connectivity index (χ3n) is 2.80. The van der Waals surface area contributed by atoms with Crippen LogP contribution in [0.15, 0.2) is 30.3 Å². The van der Waals surface area contributed by atoms with Crippen LogP contribution in [0.2, 0.25) is 0 Å². The van der Waals surface area contributed by atoms with E-state index < -0.39 is 22.4 Å². The fraction of sp³-hybridized carbons (Fsp3) is 0.462. The number of benzene rings is 1. The predicted molar refractivity (Wildman–Crippen MR) is 72.2 cm³/mol. The number of ether oxygens (including phenoxy) is 1. The quantitative estimate of drug-likeness (QED) is 0.637. The smallest absolute Gasteiger partial charge is 0.409 e. The Labute approximate surface area is 118 Å². The molecule has 0 heterocycles. The largest absolute Gasteiger partial charge is 0.445 e. The van der Waals surface area contributed by atoms with Gasteiger partial charge in [0, 0.05) is 5.92 Å². The Bertz CT molecular complexity index is 553. The summed E-state index contributed by atoms with van der Waals surface area (Å²) in [5, 5.41) is 2.44. The van der Waals surface area contributed by atoms with Crippen molar-refractivity contribution in [2.45, 2.75) is 25.7 Å². The first-order chi connectivity index (χ1) is 9.44. The lowest BCUT2D eigenvalue weighted by molar-refractivity contribution is 0.100. The fourth-order valence-electron chi connectivity index (χ4n) is 1.69. The highest BCUT2D eigenvalue weighted by Crippen LogP contribution is 2.33. The van der Waals surface area contributed by atoms with Crippen molar-refractivity contribution >= 4 is 16.2 Å². The van der Waals surface area contributed by atoms with Crippen molar-refractivity contribution in [3.8, 4) is 0 Å². The zero-order valence-corrected chi connectivity index (χ0v) is 11.9. The summed E-state index contributed by atoms with van der Waals surface area (Å²) < 4.78 is 32.1. The monoisotopic (exact) mass is 299 g/mol. The lowest BCUT2D eigenvalue weighted by Crippen LogP contribution is -2.40. The van der Waals surface area contributed by atoms with Gasteiger partial charge in [-0.3, -0.25) is 5.32 Å². The van der Waals surface area contributed by atoms with Gasteiger partial charge in [-0.25, -0.2) is 8.98 Å². The molecule has 1 aliphatic rings. The van der Waals surface area contributed by atoms with E-state index in [1.807, 2.05) is 30.3 Å². The maximum absolute atomic E-state index is 11.6. The maximum atomic E-state index is 11.6. The fourth-order valence-corrected chi connectivity index (χ4v) is 2.27. The molecule has 2 rings (SSSR count). The highest BCUT2D eigenvalue weighted by Gasteiger charge is 2.35. The van der Waals surface area contributed by atoms with E-state index in [1.165, 1.54) is 0 Å². The van der Waals surface area contributed by atoms with Crippen LogP contribution in [0.1, 0.15) is 18.4 Å². The molecule has 1 fully saturated rings. The number of nitrogens with one attached hydrogen (secondary N) is 1. The average Bonchev–Trinajstić information content (AvgIpc) is 3.19. The molecule has 0 aliphatic heterocycles. The van der Waals surface area contributed by atoms with Crippen molar-refractivity contribution in [2.75, 3.05) is 6.26 Å². The SMILES string of the molecule is CS(=O)(=O)OC(NC(=O)OCc1ccccc1)C1CC1. The minimum atomic E-state index is -3.61. The van der Waals surface area contributed by atoms with Gasteiger partial charge in [-0.05, 0) is 18.4 Å². The lowest BCUT2D eigenvalue weighted by atomic mass is 10.2. The Hall–Kier alpha value is -1.60. The normalized spacial score (nSPS) is 16.4. The minimum Gasteiger partial charge on any atom is -0.445 e. The summed E-state index contributed by atoms with van der Waals surface area (Å²) in [4.78, 5) is 11.6. The molecule has 1 amide bonds. The first-order valence-corrected chi connectivity index (χ1v) is 8.11. The van der Waals surface area contributed by atoms with E-state index in [0.29, 0.717) is 0 Å². The second kappa shape index (κ2) is 6.23. The van der Waals surface area contributed by atoms with Crippen LogP contribution >= 0.6 is 0 Å². The molecule has 0 spiro atoms. The average molecular weight is 299 g/mol. The van der Waals surface area contributed by atoms with Crippen LogP contribution in [0.25, 0.3) is 0 Å². The Morgan fingerprint density at radius 2 is 2.00 bits per heavy atom. The highest BCUT2D eigenvalue weighted by molar-refractivity contribution is 7.86. The van der Waals surface area contributed by atoms with Crippen LogP contribution in [0.3, 0.4) is 0 Å². The molecule has 0 radical (unpaired) electrons. The number of hydrogen-bond acceptors (Lipinski definition) is 5. The standard InChI is InChI=1S/C13H17NO5S/c1-20(16,17)19-12(11-7-8-11)14-13(15)18-9-10-5-3-2-4-6-10/h2-6,11-12H,7-9H2,1H3,(H,14,15). The summed E-state index contributed by atoms with van der Waals surface area (Å²) in [6.45, 7) is 0.128.